The van der Waals surface area contributed by atoms with E-state index in [1.54, 1.807) is 0 Å². The van der Waals surface area contributed by atoms with E-state index in [-0.39, 0.29) is 5.78 Å². The fraction of sp³-hybridized carbons (Fsp3) is 0.0476. The Hall–Kier alpha value is -2.21. The topological polar surface area (TPSA) is 26.0 Å². The van der Waals surface area contributed by atoms with E-state index in [1.807, 2.05) is 24.3 Å². The lowest BCUT2D eigenvalue weighted by molar-refractivity contribution is 1.15. The Morgan fingerprint density at radius 2 is 0.957 bits per heavy atom. The maximum atomic E-state index is 6.68. The van der Waals surface area contributed by atoms with Crippen LogP contribution in [0, 0.1) is 0 Å². The molecule has 0 aromatic heterocycles. The van der Waals surface area contributed by atoms with Crippen LogP contribution in [0.2, 0.25) is 0 Å². The maximum Gasteiger partial charge on any atom is 0.149 e. The van der Waals surface area contributed by atoms with Crippen LogP contribution in [0.4, 0.5) is 0 Å². The minimum absolute atomic E-state index is 0.130. The normalized spacial score (nSPS) is 12.6. The maximum absolute atomic E-state index is 6.68. The predicted molar refractivity (Wildman–Crippen MR) is 103 cm³/mol. The van der Waals surface area contributed by atoms with Crippen molar-refractivity contribution in [1.29, 1.82) is 0 Å². The first kappa shape index (κ1) is 15.7. The highest BCUT2D eigenvalue weighted by Crippen LogP contribution is 2.58. The van der Waals surface area contributed by atoms with Crippen LogP contribution in [0.5, 0.6) is 0 Å². The Bertz CT molecular complexity index is 657. The first-order valence-electron chi connectivity index (χ1n) is 7.74. The van der Waals surface area contributed by atoms with Gasteiger partial charge in [0.15, 0.2) is 0 Å². The summed E-state index contributed by atoms with van der Waals surface area (Å²) in [6.07, 6.45) is 1.89. The smallest absolute Gasteiger partial charge is 0.149 e. The lowest BCUT2D eigenvalue weighted by Crippen LogP contribution is -2.41. The minimum atomic E-state index is -1.98. The van der Waals surface area contributed by atoms with Crippen LogP contribution in [0.3, 0.4) is 0 Å². The summed E-state index contributed by atoms with van der Waals surface area (Å²) in [7, 11) is -1.98. The molecule has 0 bridgehead atoms. The van der Waals surface area contributed by atoms with Gasteiger partial charge < -0.3 is 0 Å². The molecule has 2 heteroatoms. The molecule has 0 aliphatic carbocycles. The van der Waals surface area contributed by atoms with Crippen molar-refractivity contribution in [3.63, 3.8) is 0 Å². The van der Waals surface area contributed by atoms with Crippen LogP contribution in [-0.2, 0) is 0 Å². The van der Waals surface area contributed by atoms with Crippen molar-refractivity contribution < 1.29 is 0 Å². The minimum Gasteiger partial charge on any atom is -0.292 e. The number of nitrogens with two attached hydrogens (primary N) is 1. The second-order valence-corrected chi connectivity index (χ2v) is 9.05. The van der Waals surface area contributed by atoms with Gasteiger partial charge in [-0.25, -0.2) is 0 Å². The molecule has 114 valence electrons. The van der Waals surface area contributed by atoms with Gasteiger partial charge in [0, 0.05) is 0 Å². The fourth-order valence-corrected chi connectivity index (χ4v) is 7.28. The third-order valence-corrected chi connectivity index (χ3v) is 8.62. The predicted octanol–water partition coefficient (Wildman–Crippen LogP) is 3.45. The van der Waals surface area contributed by atoms with Crippen LogP contribution in [0.15, 0.2) is 104 Å². The zero-order chi connectivity index (χ0) is 16.1. The van der Waals surface area contributed by atoms with Crippen molar-refractivity contribution in [3.8, 4) is 0 Å². The van der Waals surface area contributed by atoms with Gasteiger partial charge in [-0.1, -0.05) is 61.2 Å². The highest BCUT2D eigenvalue weighted by molar-refractivity contribution is 7.96. The lowest BCUT2D eigenvalue weighted by Gasteiger charge is -2.30. The molecule has 2 N–H and O–H groups in total. The molecule has 1 unspecified atom stereocenters. The van der Waals surface area contributed by atoms with E-state index in [1.165, 1.54) is 15.9 Å². The molecule has 0 heterocycles. The second kappa shape index (κ2) is 6.91. The van der Waals surface area contributed by atoms with E-state index in [0.717, 1.165) is 0 Å². The first-order valence-corrected chi connectivity index (χ1v) is 9.59. The van der Waals surface area contributed by atoms with Gasteiger partial charge in [0.1, 0.15) is 29.0 Å². The van der Waals surface area contributed by atoms with Crippen LogP contribution >= 0.6 is 7.26 Å². The van der Waals surface area contributed by atoms with Crippen LogP contribution in [0.25, 0.3) is 0 Å². The van der Waals surface area contributed by atoms with Gasteiger partial charge in [-0.2, -0.15) is 0 Å². The van der Waals surface area contributed by atoms with Crippen molar-refractivity contribution in [3.05, 3.63) is 104 Å². The molecule has 0 amide bonds. The number of hydrogen-bond acceptors (Lipinski definition) is 1. The Balaban J connectivity index is 2.38. The molecule has 0 saturated heterocycles. The Kier molecular flexibility index (Phi) is 4.71. The zero-order valence-corrected chi connectivity index (χ0v) is 13.9. The molecule has 0 aliphatic rings. The molecular formula is C21H21NP+. The summed E-state index contributed by atoms with van der Waals surface area (Å²) in [5, 5.41) is 3.85. The summed E-state index contributed by atoms with van der Waals surface area (Å²) in [4.78, 5) is 0. The van der Waals surface area contributed by atoms with E-state index < -0.39 is 7.26 Å². The number of hydrogen-bond donors (Lipinski definition) is 1. The molecule has 23 heavy (non-hydrogen) atoms. The average molecular weight is 318 g/mol. The van der Waals surface area contributed by atoms with Gasteiger partial charge in [-0.05, 0) is 42.5 Å². The van der Waals surface area contributed by atoms with Crippen molar-refractivity contribution in [2.24, 2.45) is 5.73 Å². The molecule has 3 aromatic carbocycles. The highest BCUT2D eigenvalue weighted by atomic mass is 31.2. The monoisotopic (exact) mass is 318 g/mol. The van der Waals surface area contributed by atoms with Crippen molar-refractivity contribution >= 4 is 23.2 Å². The molecule has 0 spiro atoms. The van der Waals surface area contributed by atoms with E-state index in [2.05, 4.69) is 79.4 Å². The third kappa shape index (κ3) is 2.74. The summed E-state index contributed by atoms with van der Waals surface area (Å²) in [6.45, 7) is 4.01. The van der Waals surface area contributed by atoms with Gasteiger partial charge in [0.25, 0.3) is 0 Å². The summed E-state index contributed by atoms with van der Waals surface area (Å²) < 4.78 is 0. The van der Waals surface area contributed by atoms with E-state index in [9.17, 15) is 0 Å². The van der Waals surface area contributed by atoms with Gasteiger partial charge in [-0.3, -0.25) is 5.73 Å². The van der Waals surface area contributed by atoms with Crippen LogP contribution in [0.1, 0.15) is 0 Å². The summed E-state index contributed by atoms with van der Waals surface area (Å²) in [5.41, 5.74) is 6.68. The Labute approximate surface area is 138 Å². The van der Waals surface area contributed by atoms with Crippen LogP contribution in [-0.4, -0.2) is 5.78 Å². The van der Waals surface area contributed by atoms with Crippen molar-refractivity contribution in [1.82, 2.24) is 0 Å². The molecule has 0 radical (unpaired) electrons. The molecule has 0 saturated carbocycles. The summed E-state index contributed by atoms with van der Waals surface area (Å²) in [6, 6.07) is 31.8. The van der Waals surface area contributed by atoms with Crippen molar-refractivity contribution in [2.75, 3.05) is 0 Å². The fourth-order valence-electron chi connectivity index (χ4n) is 3.11. The quantitative estimate of drug-likeness (QED) is 0.566. The van der Waals surface area contributed by atoms with Gasteiger partial charge in [0.05, 0.1) is 0 Å². The second-order valence-electron chi connectivity index (χ2n) is 5.46. The van der Waals surface area contributed by atoms with Gasteiger partial charge in [-0.15, -0.1) is 0 Å². The zero-order valence-electron chi connectivity index (χ0n) is 13.0. The summed E-state index contributed by atoms with van der Waals surface area (Å²) >= 11 is 0. The van der Waals surface area contributed by atoms with Crippen molar-refractivity contribution in [2.45, 2.75) is 5.78 Å². The molecule has 0 fully saturated rings. The molecule has 1 atom stereocenters. The largest absolute Gasteiger partial charge is 0.292 e. The molecular weight excluding hydrogens is 297 g/mol. The highest BCUT2D eigenvalue weighted by Gasteiger charge is 2.49. The molecule has 3 rings (SSSR count). The lowest BCUT2D eigenvalue weighted by atomic mass is 10.4. The average Bonchev–Trinajstić information content (AvgIpc) is 2.65. The Morgan fingerprint density at radius 3 is 1.22 bits per heavy atom. The first-order chi connectivity index (χ1) is 11.3. The van der Waals surface area contributed by atoms with E-state index >= 15 is 0 Å². The molecule has 0 aliphatic heterocycles. The number of benzene rings is 3. The molecule has 1 nitrogen and oxygen atoms in total. The third-order valence-electron chi connectivity index (χ3n) is 4.18. The Morgan fingerprint density at radius 1 is 0.652 bits per heavy atom. The van der Waals surface area contributed by atoms with Crippen LogP contribution < -0.4 is 21.6 Å². The van der Waals surface area contributed by atoms with E-state index in [4.69, 9.17) is 5.73 Å². The summed E-state index contributed by atoms with van der Waals surface area (Å²) in [5.74, 6) is -0.130. The van der Waals surface area contributed by atoms with Gasteiger partial charge in [0.2, 0.25) is 0 Å². The standard InChI is InChI=1S/C21H21NP/c1-2-21(22)23(18-12-6-3-7-13-18,19-14-8-4-9-15-19)20-16-10-5-11-17-20/h2-17,21H,1,22H2/q+1. The number of rotatable bonds is 5. The van der Waals surface area contributed by atoms with Gasteiger partial charge >= 0.3 is 0 Å². The molecule has 3 aromatic rings. The van der Waals surface area contributed by atoms with E-state index in [0.29, 0.717) is 0 Å². The SMILES string of the molecule is C=CC(N)[P+](c1ccccc1)(c1ccccc1)c1ccccc1.